The predicted octanol–water partition coefficient (Wildman–Crippen LogP) is 0.805. The molecule has 1 amide bonds. The maximum absolute atomic E-state index is 13.1. The van der Waals surface area contributed by atoms with Crippen molar-refractivity contribution in [1.29, 1.82) is 0 Å². The first kappa shape index (κ1) is 27.4. The molecule has 196 valence electrons. The Kier molecular flexibility index (Phi) is 8.51. The molecule has 3 heterocycles. The quantitative estimate of drug-likeness (QED) is 0.259. The van der Waals surface area contributed by atoms with Crippen molar-refractivity contribution in [3.05, 3.63) is 12.3 Å². The van der Waals surface area contributed by atoms with Gasteiger partial charge in [0.15, 0.2) is 12.0 Å². The zero-order valence-corrected chi connectivity index (χ0v) is 20.9. The molecule has 0 aromatic carbocycles. The molecule has 0 spiro atoms. The molecular formula is C21H31N2O11P. The van der Waals surface area contributed by atoms with Crippen LogP contribution in [0.3, 0.4) is 0 Å². The van der Waals surface area contributed by atoms with Crippen LogP contribution in [0.25, 0.3) is 0 Å². The number of esters is 2. The summed E-state index contributed by atoms with van der Waals surface area (Å²) in [5.41, 5.74) is 5.13. The van der Waals surface area contributed by atoms with Gasteiger partial charge < -0.3 is 19.9 Å². The summed E-state index contributed by atoms with van der Waals surface area (Å²) in [6, 6.07) is 0. The molecule has 2 N–H and O–H groups in total. The number of methoxy groups -OCH3 is 1. The number of allylic oxidation sites excluding steroid dienone is 1. The van der Waals surface area contributed by atoms with Crippen LogP contribution in [0.15, 0.2) is 12.3 Å². The number of fused-ring (bicyclic) bond motifs is 1. The van der Waals surface area contributed by atoms with Crippen LogP contribution < -0.4 is 5.73 Å². The lowest BCUT2D eigenvalue weighted by atomic mass is 9.92. The summed E-state index contributed by atoms with van der Waals surface area (Å²) in [6.07, 6.45) is -1.08. The van der Waals surface area contributed by atoms with Crippen molar-refractivity contribution in [2.24, 2.45) is 11.7 Å². The lowest BCUT2D eigenvalue weighted by molar-refractivity contribution is -0.157. The molecule has 3 rings (SSSR count). The second-order valence-corrected chi connectivity index (χ2v) is 10.6. The molecule has 6 atom stereocenters. The van der Waals surface area contributed by atoms with E-state index in [1.807, 2.05) is 0 Å². The summed E-state index contributed by atoms with van der Waals surface area (Å²) < 4.78 is 45.1. The third kappa shape index (κ3) is 6.35. The minimum absolute atomic E-state index is 0.00835. The maximum Gasteiger partial charge on any atom is 0.475 e. The second kappa shape index (κ2) is 10.9. The van der Waals surface area contributed by atoms with Gasteiger partial charge in [-0.1, -0.05) is 0 Å². The van der Waals surface area contributed by atoms with E-state index in [0.29, 0.717) is 0 Å². The molecule has 2 fully saturated rings. The smallest absolute Gasteiger partial charge is 0.469 e. The van der Waals surface area contributed by atoms with Crippen molar-refractivity contribution in [3.8, 4) is 0 Å². The SMILES string of the molecule is COC(=O)C[C@@H](CCO[P@]1(=O)OC[C@H]2O[C@@H](N3C=CC(=O)CC3=O)[C@](C)(N)[C@@H]2O1)C(=O)OC(C)C. The molecule has 3 aliphatic rings. The van der Waals surface area contributed by atoms with E-state index in [4.69, 9.17) is 28.8 Å². The monoisotopic (exact) mass is 518 g/mol. The number of hydrogen-bond acceptors (Lipinski definition) is 12. The summed E-state index contributed by atoms with van der Waals surface area (Å²) in [7, 11) is -2.91. The summed E-state index contributed by atoms with van der Waals surface area (Å²) in [6.45, 7) is 4.49. The van der Waals surface area contributed by atoms with Gasteiger partial charge in [-0.25, -0.2) is 4.57 Å². The fraction of sp³-hybridized carbons (Fsp3) is 0.714. The van der Waals surface area contributed by atoms with E-state index in [0.717, 1.165) is 0 Å². The van der Waals surface area contributed by atoms with Gasteiger partial charge in [0.2, 0.25) is 5.91 Å². The van der Waals surface area contributed by atoms with Gasteiger partial charge in [-0.2, -0.15) is 0 Å². The largest absolute Gasteiger partial charge is 0.475 e. The van der Waals surface area contributed by atoms with Crippen molar-refractivity contribution in [2.45, 2.75) is 70.1 Å². The third-order valence-electron chi connectivity index (χ3n) is 5.75. The van der Waals surface area contributed by atoms with Crippen LogP contribution in [0.1, 0.15) is 40.0 Å². The van der Waals surface area contributed by atoms with E-state index in [1.165, 1.54) is 24.3 Å². The van der Waals surface area contributed by atoms with Gasteiger partial charge in [0.25, 0.3) is 0 Å². The van der Waals surface area contributed by atoms with Gasteiger partial charge in [-0.3, -0.25) is 37.6 Å². The van der Waals surface area contributed by atoms with Crippen LogP contribution in [0.4, 0.5) is 0 Å². The molecular weight excluding hydrogens is 487 g/mol. The standard InChI is InChI=1S/C21H31N2O11P/c1-12(2)32-19(27)13(9-17(26)29-4)6-8-30-35(28)31-11-15-18(34-35)21(3,22)20(33-15)23-7-5-14(24)10-16(23)25/h5,7,12-13,15,18,20H,6,8-11,22H2,1-4H3/t13-,15-,18-,20-,21-,35-/m1/s1. The van der Waals surface area contributed by atoms with Crippen molar-refractivity contribution in [1.82, 2.24) is 4.90 Å². The van der Waals surface area contributed by atoms with E-state index in [2.05, 4.69) is 4.74 Å². The Hall–Kier alpha value is -2.15. The Balaban J connectivity index is 1.63. The Morgan fingerprint density at radius 1 is 1.34 bits per heavy atom. The maximum atomic E-state index is 13.1. The molecule has 35 heavy (non-hydrogen) atoms. The van der Waals surface area contributed by atoms with Crippen molar-refractivity contribution in [2.75, 3.05) is 20.3 Å². The zero-order chi connectivity index (χ0) is 26.0. The van der Waals surface area contributed by atoms with E-state index in [1.54, 1.807) is 20.8 Å². The highest BCUT2D eigenvalue weighted by Crippen LogP contribution is 2.57. The van der Waals surface area contributed by atoms with Crippen LogP contribution in [0.5, 0.6) is 0 Å². The Morgan fingerprint density at radius 2 is 2.06 bits per heavy atom. The molecule has 0 aliphatic carbocycles. The number of nitrogens with two attached hydrogens (primary N) is 1. The number of phosphoric ester groups is 1. The fourth-order valence-corrected chi connectivity index (χ4v) is 5.47. The van der Waals surface area contributed by atoms with Crippen LogP contribution in [-0.2, 0) is 51.5 Å². The topological polar surface area (TPSA) is 170 Å². The Bertz CT molecular complexity index is 934. The molecule has 13 nitrogen and oxygen atoms in total. The second-order valence-electron chi connectivity index (χ2n) is 9.01. The number of ether oxygens (including phenoxy) is 3. The number of carbonyl (C=O) groups is 4. The van der Waals surface area contributed by atoms with E-state index >= 15 is 0 Å². The first-order valence-electron chi connectivity index (χ1n) is 11.2. The third-order valence-corrected chi connectivity index (χ3v) is 7.20. The highest BCUT2D eigenvalue weighted by atomic mass is 31.2. The summed E-state index contributed by atoms with van der Waals surface area (Å²) in [5, 5.41) is 0. The van der Waals surface area contributed by atoms with Gasteiger partial charge in [0.1, 0.15) is 12.2 Å². The van der Waals surface area contributed by atoms with Gasteiger partial charge in [-0.15, -0.1) is 0 Å². The van der Waals surface area contributed by atoms with Gasteiger partial charge in [-0.05, 0) is 33.3 Å². The minimum atomic E-state index is -4.11. The van der Waals surface area contributed by atoms with Gasteiger partial charge in [0.05, 0.1) is 50.7 Å². The van der Waals surface area contributed by atoms with Crippen LogP contribution >= 0.6 is 7.82 Å². The van der Waals surface area contributed by atoms with Crippen molar-refractivity contribution >= 4 is 31.5 Å². The lowest BCUT2D eigenvalue weighted by Gasteiger charge is -2.38. The highest BCUT2D eigenvalue weighted by Gasteiger charge is 2.60. The summed E-state index contributed by atoms with van der Waals surface area (Å²) >= 11 is 0. The first-order valence-corrected chi connectivity index (χ1v) is 12.6. The van der Waals surface area contributed by atoms with Gasteiger partial charge >= 0.3 is 19.8 Å². The first-order chi connectivity index (χ1) is 16.4. The van der Waals surface area contributed by atoms with Crippen molar-refractivity contribution < 1.29 is 51.5 Å². The average Bonchev–Trinajstić information content (AvgIpc) is 3.02. The Morgan fingerprint density at radius 3 is 2.69 bits per heavy atom. The Labute approximate surface area is 202 Å². The van der Waals surface area contributed by atoms with E-state index in [-0.39, 0.29) is 44.4 Å². The minimum Gasteiger partial charge on any atom is -0.469 e. The normalized spacial score (nSPS) is 33.5. The molecule has 3 aliphatic heterocycles. The number of ketones is 1. The van der Waals surface area contributed by atoms with Crippen molar-refractivity contribution in [3.63, 3.8) is 0 Å². The molecule has 0 aromatic rings. The summed E-state index contributed by atoms with van der Waals surface area (Å²) in [5.74, 6) is -2.92. The van der Waals surface area contributed by atoms with Crippen LogP contribution in [-0.4, -0.2) is 78.9 Å². The lowest BCUT2D eigenvalue weighted by Crippen LogP contribution is -2.60. The predicted molar refractivity (Wildman–Crippen MR) is 117 cm³/mol. The number of nitrogens with zero attached hydrogens (tertiary/aromatic N) is 1. The van der Waals surface area contributed by atoms with Crippen LogP contribution in [0, 0.1) is 5.92 Å². The molecule has 0 radical (unpaired) electrons. The highest BCUT2D eigenvalue weighted by molar-refractivity contribution is 7.48. The number of rotatable bonds is 9. The molecule has 0 saturated carbocycles. The molecule has 2 saturated heterocycles. The fourth-order valence-electron chi connectivity index (χ4n) is 3.98. The molecule has 0 aromatic heterocycles. The number of phosphoric acid groups is 1. The average molecular weight is 518 g/mol. The van der Waals surface area contributed by atoms with Gasteiger partial charge in [0, 0.05) is 6.20 Å². The number of carbonyl (C=O) groups excluding carboxylic acids is 4. The van der Waals surface area contributed by atoms with Crippen LogP contribution in [0.2, 0.25) is 0 Å². The van der Waals surface area contributed by atoms with E-state index < -0.39 is 55.6 Å². The summed E-state index contributed by atoms with van der Waals surface area (Å²) in [4.78, 5) is 49.1. The number of amides is 1. The molecule has 0 unspecified atom stereocenters. The molecule has 14 heteroatoms. The van der Waals surface area contributed by atoms with E-state index in [9.17, 15) is 23.7 Å². The number of hydrogen-bond donors (Lipinski definition) is 1. The molecule has 0 bridgehead atoms. The zero-order valence-electron chi connectivity index (χ0n) is 20.0.